The molecule has 1 aromatic rings. The molecule has 104 valence electrons. The van der Waals surface area contributed by atoms with Crippen molar-refractivity contribution in [3.8, 4) is 0 Å². The Bertz CT molecular complexity index is 288. The van der Waals surface area contributed by atoms with Crippen LogP contribution in [0.2, 0.25) is 18.1 Å². The van der Waals surface area contributed by atoms with Gasteiger partial charge in [-0.05, 0) is 37.4 Å². The maximum Gasteiger partial charge on any atom is 0.191 e. The molecule has 0 spiro atoms. The molecular weight excluding hydrogens is 240 g/mol. The Hall–Kier alpha value is -0.613. The average molecular weight is 268 g/mol. The normalized spacial score (nSPS) is 11.9. The minimum Gasteiger partial charge on any atom is -0.417 e. The summed E-state index contributed by atoms with van der Waals surface area (Å²) in [6.45, 7) is 8.92. The van der Waals surface area contributed by atoms with Gasteiger partial charge in [0.15, 0.2) is 8.32 Å². The summed E-state index contributed by atoms with van der Waals surface area (Å²) < 4.78 is 8.38. The molecule has 0 amide bonds. The van der Waals surface area contributed by atoms with Crippen LogP contribution in [0.4, 0.5) is 0 Å². The highest BCUT2D eigenvalue weighted by atomic mass is 28.4. The lowest BCUT2D eigenvalue weighted by Crippen LogP contribution is -2.36. The number of hydrogen-bond donors (Lipinski definition) is 0. The molecule has 1 heterocycles. The van der Waals surface area contributed by atoms with Crippen LogP contribution in [0.25, 0.3) is 0 Å². The molecule has 3 nitrogen and oxygen atoms in total. The second kappa shape index (κ2) is 8.48. The molecular formula is C14H28N2OSi. The second-order valence-electron chi connectivity index (χ2n) is 4.95. The van der Waals surface area contributed by atoms with E-state index < -0.39 is 8.32 Å². The van der Waals surface area contributed by atoms with Crippen LogP contribution in [-0.4, -0.2) is 24.5 Å². The molecule has 0 bridgehead atoms. The molecule has 1 aromatic heterocycles. The first kappa shape index (κ1) is 15.4. The van der Waals surface area contributed by atoms with Gasteiger partial charge in [-0.25, -0.2) is 4.98 Å². The summed E-state index contributed by atoms with van der Waals surface area (Å²) in [6, 6.07) is 3.78. The molecule has 4 heteroatoms. The van der Waals surface area contributed by atoms with E-state index >= 15 is 0 Å². The summed E-state index contributed by atoms with van der Waals surface area (Å²) in [6.07, 6.45) is 9.42. The monoisotopic (exact) mass is 268 g/mol. The predicted molar refractivity (Wildman–Crippen MR) is 79.2 cm³/mol. The zero-order valence-corrected chi connectivity index (χ0v) is 13.2. The highest BCUT2D eigenvalue weighted by molar-refractivity contribution is 6.73. The zero-order valence-electron chi connectivity index (χ0n) is 12.2. The van der Waals surface area contributed by atoms with Gasteiger partial charge < -0.3 is 8.99 Å². The van der Waals surface area contributed by atoms with Gasteiger partial charge in [0, 0.05) is 25.5 Å². The number of rotatable bonds is 10. The second-order valence-corrected chi connectivity index (χ2v) is 9.73. The molecule has 0 saturated carbocycles. The van der Waals surface area contributed by atoms with Crippen molar-refractivity contribution >= 4 is 8.32 Å². The minimum atomic E-state index is -1.35. The molecule has 0 fully saturated rings. The number of nitrogens with zero attached hydrogens (tertiary/aromatic N) is 2. The van der Waals surface area contributed by atoms with Crippen LogP contribution in [0.5, 0.6) is 0 Å². The van der Waals surface area contributed by atoms with Crippen LogP contribution in [0, 0.1) is 0 Å². The molecule has 0 unspecified atom stereocenters. The first-order chi connectivity index (χ1) is 8.76. The van der Waals surface area contributed by atoms with Gasteiger partial charge in [-0.15, -0.1) is 0 Å². The first-order valence-corrected chi connectivity index (χ1v) is 9.89. The van der Waals surface area contributed by atoms with E-state index in [1.54, 1.807) is 0 Å². The molecule has 18 heavy (non-hydrogen) atoms. The van der Waals surface area contributed by atoms with E-state index in [1.807, 2.05) is 18.7 Å². The van der Waals surface area contributed by atoms with Crippen LogP contribution >= 0.6 is 0 Å². The van der Waals surface area contributed by atoms with E-state index in [-0.39, 0.29) is 0 Å². The van der Waals surface area contributed by atoms with E-state index in [4.69, 9.17) is 4.43 Å². The van der Waals surface area contributed by atoms with Crippen molar-refractivity contribution in [2.45, 2.75) is 64.7 Å². The van der Waals surface area contributed by atoms with Crippen molar-refractivity contribution in [3.05, 3.63) is 18.7 Å². The Morgan fingerprint density at radius 1 is 1.06 bits per heavy atom. The third-order valence-corrected chi connectivity index (χ3v) is 8.64. The zero-order chi connectivity index (χ0) is 13.3. The molecule has 0 saturated heterocycles. The van der Waals surface area contributed by atoms with Gasteiger partial charge in [0.2, 0.25) is 0 Å². The summed E-state index contributed by atoms with van der Waals surface area (Å²) in [5, 5.41) is 0. The smallest absolute Gasteiger partial charge is 0.191 e. The van der Waals surface area contributed by atoms with Gasteiger partial charge in [0.05, 0.1) is 6.33 Å². The highest BCUT2D eigenvalue weighted by Gasteiger charge is 2.27. The number of aryl methyl sites for hydroxylation is 1. The molecule has 0 radical (unpaired) electrons. The molecule has 0 aromatic carbocycles. The van der Waals surface area contributed by atoms with Crippen molar-refractivity contribution in [1.29, 1.82) is 0 Å². The molecule has 0 N–H and O–H groups in total. The fraction of sp³-hybridized carbons (Fsp3) is 0.786. The average Bonchev–Trinajstić information content (AvgIpc) is 2.92. The maximum atomic E-state index is 6.23. The predicted octanol–water partition coefficient (Wildman–Crippen LogP) is 4.08. The van der Waals surface area contributed by atoms with Gasteiger partial charge in [0.1, 0.15) is 0 Å². The summed E-state index contributed by atoms with van der Waals surface area (Å²) in [7, 11) is -1.35. The van der Waals surface area contributed by atoms with Crippen LogP contribution in [0.3, 0.4) is 0 Å². The number of aromatic nitrogens is 2. The molecule has 0 aliphatic heterocycles. The van der Waals surface area contributed by atoms with Crippen molar-refractivity contribution < 1.29 is 4.43 Å². The molecule has 1 rings (SSSR count). The Morgan fingerprint density at radius 3 is 2.33 bits per heavy atom. The maximum absolute atomic E-state index is 6.23. The Morgan fingerprint density at radius 2 is 1.78 bits per heavy atom. The van der Waals surface area contributed by atoms with Crippen molar-refractivity contribution in [3.63, 3.8) is 0 Å². The summed E-state index contributed by atoms with van der Waals surface area (Å²) in [5.74, 6) is 0. The topological polar surface area (TPSA) is 27.1 Å². The van der Waals surface area contributed by atoms with Gasteiger partial charge in [-0.3, -0.25) is 0 Å². The highest BCUT2D eigenvalue weighted by Crippen LogP contribution is 2.21. The summed E-state index contributed by atoms with van der Waals surface area (Å²) >= 11 is 0. The van der Waals surface area contributed by atoms with Gasteiger partial charge >= 0.3 is 0 Å². The van der Waals surface area contributed by atoms with Gasteiger partial charge in [-0.1, -0.05) is 20.8 Å². The van der Waals surface area contributed by atoms with E-state index in [0.29, 0.717) is 0 Å². The van der Waals surface area contributed by atoms with Crippen LogP contribution < -0.4 is 0 Å². The summed E-state index contributed by atoms with van der Waals surface area (Å²) in [5.41, 5.74) is 0. The van der Waals surface area contributed by atoms with Gasteiger partial charge in [-0.2, -0.15) is 0 Å². The van der Waals surface area contributed by atoms with Crippen LogP contribution in [0.1, 0.15) is 40.0 Å². The lowest BCUT2D eigenvalue weighted by Gasteiger charge is -2.27. The third-order valence-electron chi connectivity index (χ3n) is 3.96. The van der Waals surface area contributed by atoms with E-state index in [2.05, 4.69) is 30.3 Å². The lowest BCUT2D eigenvalue weighted by molar-refractivity contribution is 0.287. The van der Waals surface area contributed by atoms with Crippen molar-refractivity contribution in [2.75, 3.05) is 6.61 Å². The quantitative estimate of drug-likeness (QED) is 0.472. The van der Waals surface area contributed by atoms with Crippen molar-refractivity contribution in [2.24, 2.45) is 0 Å². The largest absolute Gasteiger partial charge is 0.417 e. The third kappa shape index (κ3) is 4.94. The fourth-order valence-electron chi connectivity index (χ4n) is 2.34. The first-order valence-electron chi connectivity index (χ1n) is 7.36. The Balaban J connectivity index is 2.07. The van der Waals surface area contributed by atoms with Crippen LogP contribution in [-0.2, 0) is 11.0 Å². The van der Waals surface area contributed by atoms with E-state index in [0.717, 1.165) is 13.2 Å². The molecule has 0 aliphatic rings. The lowest BCUT2D eigenvalue weighted by atomic mass is 10.2. The minimum absolute atomic E-state index is 0.964. The van der Waals surface area contributed by atoms with E-state index in [9.17, 15) is 0 Å². The fourth-order valence-corrected chi connectivity index (χ4v) is 5.03. The Kier molecular flexibility index (Phi) is 7.28. The van der Waals surface area contributed by atoms with Crippen molar-refractivity contribution in [1.82, 2.24) is 9.55 Å². The Labute approximate surface area is 113 Å². The molecule has 0 aliphatic carbocycles. The standard InChI is InChI=1S/C14H28N2OSi/c1-4-18(5-2,6-3)17-13-9-7-8-11-16-12-10-15-14-16/h10,12,14H,4-9,11,13H2,1-3H3. The van der Waals surface area contributed by atoms with Gasteiger partial charge in [0.25, 0.3) is 0 Å². The van der Waals surface area contributed by atoms with E-state index in [1.165, 1.54) is 37.4 Å². The number of hydrogen-bond acceptors (Lipinski definition) is 2. The number of unbranched alkanes of at least 4 members (excludes halogenated alkanes) is 2. The molecule has 0 atom stereocenters. The van der Waals surface area contributed by atoms with Crippen LogP contribution in [0.15, 0.2) is 18.7 Å². The SMILES string of the molecule is CC[Si](CC)(CC)OCCCCCn1ccnc1. The summed E-state index contributed by atoms with van der Waals surface area (Å²) in [4.78, 5) is 4.05. The number of imidazole rings is 1.